The summed E-state index contributed by atoms with van der Waals surface area (Å²) in [5, 5.41) is 0. The van der Waals surface area contributed by atoms with Crippen LogP contribution < -0.4 is 5.56 Å². The summed E-state index contributed by atoms with van der Waals surface area (Å²) in [5.74, 6) is -0.211. The monoisotopic (exact) mass is 330 g/mol. The Morgan fingerprint density at radius 3 is 2.42 bits per heavy atom. The van der Waals surface area contributed by atoms with Crippen molar-refractivity contribution in [3.05, 3.63) is 69.9 Å². The van der Waals surface area contributed by atoms with E-state index in [0.717, 1.165) is 5.56 Å². The van der Waals surface area contributed by atoms with Crippen molar-refractivity contribution in [2.75, 3.05) is 6.54 Å². The molecule has 1 N–H and O–H groups in total. The van der Waals surface area contributed by atoms with Crippen LogP contribution in [0.4, 0.5) is 4.39 Å². The van der Waals surface area contributed by atoms with E-state index in [-0.39, 0.29) is 29.2 Å². The van der Waals surface area contributed by atoms with Gasteiger partial charge in [0, 0.05) is 30.4 Å². The Balaban J connectivity index is 2.27. The molecule has 0 unspecified atom stereocenters. The average molecular weight is 330 g/mol. The number of likely N-dealkylation sites (N-methyl/N-ethyl adjacent to an activating group) is 1. The molecule has 0 aliphatic carbocycles. The number of benzene rings is 1. The highest BCUT2D eigenvalue weighted by Gasteiger charge is 2.26. The van der Waals surface area contributed by atoms with Gasteiger partial charge in [0.2, 0.25) is 5.56 Å². The number of rotatable bonds is 6. The highest BCUT2D eigenvalue weighted by molar-refractivity contribution is 5.94. The molecule has 0 saturated heterocycles. The molecule has 1 heterocycles. The number of amides is 1. The minimum atomic E-state index is -0.295. The molecule has 1 amide bonds. The zero-order chi connectivity index (χ0) is 17.7. The fourth-order valence-electron chi connectivity index (χ4n) is 2.84. The molecule has 0 radical (unpaired) electrons. The minimum absolute atomic E-state index is 0.0350. The third-order valence-corrected chi connectivity index (χ3v) is 4.15. The summed E-state index contributed by atoms with van der Waals surface area (Å²) in [4.78, 5) is 28.6. The van der Waals surface area contributed by atoms with Crippen molar-refractivity contribution in [1.29, 1.82) is 0 Å². The third kappa shape index (κ3) is 4.31. The fourth-order valence-corrected chi connectivity index (χ4v) is 2.84. The molecule has 0 saturated carbocycles. The van der Waals surface area contributed by atoms with Crippen molar-refractivity contribution in [3.8, 4) is 0 Å². The van der Waals surface area contributed by atoms with Gasteiger partial charge in [0.15, 0.2) is 0 Å². The largest absolute Gasteiger partial charge is 0.335 e. The Hall–Kier alpha value is -2.43. The summed E-state index contributed by atoms with van der Waals surface area (Å²) in [6.07, 6.45) is 2.12. The Bertz CT molecular complexity index is 738. The Morgan fingerprint density at radius 2 is 1.88 bits per heavy atom. The van der Waals surface area contributed by atoms with Crippen LogP contribution in [0, 0.1) is 11.7 Å². The van der Waals surface area contributed by atoms with Gasteiger partial charge in [0.05, 0.1) is 0 Å². The van der Waals surface area contributed by atoms with Crippen LogP contribution in [-0.2, 0) is 6.42 Å². The number of hydrogen-bond acceptors (Lipinski definition) is 2. The summed E-state index contributed by atoms with van der Waals surface area (Å²) < 4.78 is 13.1. The molecular formula is C19H23FN2O2. The molecule has 0 spiro atoms. The molecule has 0 fully saturated rings. The second-order valence-corrected chi connectivity index (χ2v) is 6.17. The van der Waals surface area contributed by atoms with E-state index in [4.69, 9.17) is 0 Å². The molecule has 4 nitrogen and oxygen atoms in total. The van der Waals surface area contributed by atoms with Gasteiger partial charge in [-0.1, -0.05) is 26.0 Å². The molecule has 128 valence electrons. The highest BCUT2D eigenvalue weighted by atomic mass is 19.1. The predicted octanol–water partition coefficient (Wildman–Crippen LogP) is 3.24. The molecule has 24 heavy (non-hydrogen) atoms. The zero-order valence-electron chi connectivity index (χ0n) is 14.3. The highest BCUT2D eigenvalue weighted by Crippen LogP contribution is 2.19. The maximum atomic E-state index is 13.1. The number of pyridine rings is 1. The molecule has 1 aromatic heterocycles. The maximum Gasteiger partial charge on any atom is 0.254 e. The quantitative estimate of drug-likeness (QED) is 0.884. The second-order valence-electron chi connectivity index (χ2n) is 6.17. The number of hydrogen-bond donors (Lipinski definition) is 1. The first-order chi connectivity index (χ1) is 11.4. The molecule has 2 rings (SSSR count). The number of aromatic nitrogens is 1. The standard InChI is InChI=1S/C19H23FN2O2/c1-4-22(19(24)15-9-10-21-18(23)12-15)17(13(2)3)11-14-5-7-16(20)8-6-14/h5-10,12-13,17H,4,11H2,1-3H3,(H,21,23)/t17-/m0/s1. The summed E-state index contributed by atoms with van der Waals surface area (Å²) in [5.41, 5.74) is 1.06. The smallest absolute Gasteiger partial charge is 0.254 e. The summed E-state index contributed by atoms with van der Waals surface area (Å²) in [6.45, 7) is 6.57. The van der Waals surface area contributed by atoms with Gasteiger partial charge in [-0.25, -0.2) is 4.39 Å². The van der Waals surface area contributed by atoms with Crippen molar-refractivity contribution in [2.24, 2.45) is 5.92 Å². The van der Waals surface area contributed by atoms with E-state index in [1.165, 1.54) is 24.4 Å². The van der Waals surface area contributed by atoms with Gasteiger partial charge in [-0.05, 0) is 43.0 Å². The van der Waals surface area contributed by atoms with Crippen LogP contribution >= 0.6 is 0 Å². The SMILES string of the molecule is CCN(C(=O)c1cc[nH]c(=O)c1)[C@@H](Cc1ccc(F)cc1)C(C)C. The van der Waals surface area contributed by atoms with E-state index in [1.807, 2.05) is 6.92 Å². The topological polar surface area (TPSA) is 53.2 Å². The van der Waals surface area contributed by atoms with Crippen LogP contribution in [0.1, 0.15) is 36.7 Å². The molecule has 0 aliphatic rings. The lowest BCUT2D eigenvalue weighted by atomic mass is 9.94. The van der Waals surface area contributed by atoms with Crippen LogP contribution in [0.5, 0.6) is 0 Å². The molecule has 2 aromatic rings. The van der Waals surface area contributed by atoms with Crippen molar-refractivity contribution in [3.63, 3.8) is 0 Å². The minimum Gasteiger partial charge on any atom is -0.335 e. The first-order valence-corrected chi connectivity index (χ1v) is 8.16. The van der Waals surface area contributed by atoms with Gasteiger partial charge < -0.3 is 9.88 Å². The van der Waals surface area contributed by atoms with Crippen LogP contribution in [0.3, 0.4) is 0 Å². The normalized spacial score (nSPS) is 12.2. The summed E-state index contributed by atoms with van der Waals surface area (Å²) in [6, 6.07) is 9.25. The number of carbonyl (C=O) groups is 1. The van der Waals surface area contributed by atoms with Crippen LogP contribution in [0.15, 0.2) is 47.4 Å². The fraction of sp³-hybridized carbons (Fsp3) is 0.368. The molecule has 0 bridgehead atoms. The number of nitrogens with zero attached hydrogens (tertiary/aromatic N) is 1. The van der Waals surface area contributed by atoms with Crippen LogP contribution in [-0.4, -0.2) is 28.4 Å². The first-order valence-electron chi connectivity index (χ1n) is 8.16. The first kappa shape index (κ1) is 17.9. The number of halogens is 1. The summed E-state index contributed by atoms with van der Waals surface area (Å²) >= 11 is 0. The van der Waals surface area contributed by atoms with Crippen LogP contribution in [0.25, 0.3) is 0 Å². The second kappa shape index (κ2) is 7.90. The van der Waals surface area contributed by atoms with Crippen molar-refractivity contribution in [1.82, 2.24) is 9.88 Å². The maximum absolute atomic E-state index is 13.1. The Labute approximate surface area is 141 Å². The predicted molar refractivity (Wildman–Crippen MR) is 92.5 cm³/mol. The molecule has 1 atom stereocenters. The van der Waals surface area contributed by atoms with Crippen molar-refractivity contribution in [2.45, 2.75) is 33.2 Å². The van der Waals surface area contributed by atoms with Crippen molar-refractivity contribution >= 4 is 5.91 Å². The number of H-pyrrole nitrogens is 1. The van der Waals surface area contributed by atoms with E-state index < -0.39 is 0 Å². The van der Waals surface area contributed by atoms with E-state index in [2.05, 4.69) is 18.8 Å². The van der Waals surface area contributed by atoms with E-state index >= 15 is 0 Å². The lowest BCUT2D eigenvalue weighted by Gasteiger charge is -2.34. The number of nitrogens with one attached hydrogen (secondary N) is 1. The Morgan fingerprint density at radius 1 is 1.21 bits per heavy atom. The molecular weight excluding hydrogens is 307 g/mol. The average Bonchev–Trinajstić information content (AvgIpc) is 2.56. The lowest BCUT2D eigenvalue weighted by molar-refractivity contribution is 0.0638. The van der Waals surface area contributed by atoms with Gasteiger partial charge >= 0.3 is 0 Å². The lowest BCUT2D eigenvalue weighted by Crippen LogP contribution is -2.44. The summed E-state index contributed by atoms with van der Waals surface area (Å²) in [7, 11) is 0. The van der Waals surface area contributed by atoms with Gasteiger partial charge in [-0.2, -0.15) is 0 Å². The van der Waals surface area contributed by atoms with Gasteiger partial charge in [-0.3, -0.25) is 9.59 Å². The van der Waals surface area contributed by atoms with Gasteiger partial charge in [0.25, 0.3) is 5.91 Å². The molecule has 0 aliphatic heterocycles. The van der Waals surface area contributed by atoms with Crippen LogP contribution in [0.2, 0.25) is 0 Å². The van der Waals surface area contributed by atoms with E-state index in [0.29, 0.717) is 18.5 Å². The third-order valence-electron chi connectivity index (χ3n) is 4.15. The number of aromatic amines is 1. The van der Waals surface area contributed by atoms with E-state index in [1.54, 1.807) is 23.1 Å². The molecule has 1 aromatic carbocycles. The number of carbonyl (C=O) groups excluding carboxylic acids is 1. The Kier molecular flexibility index (Phi) is 5.90. The molecule has 5 heteroatoms. The van der Waals surface area contributed by atoms with Gasteiger partial charge in [-0.15, -0.1) is 0 Å². The van der Waals surface area contributed by atoms with Crippen molar-refractivity contribution < 1.29 is 9.18 Å². The zero-order valence-corrected chi connectivity index (χ0v) is 14.3. The van der Waals surface area contributed by atoms with Gasteiger partial charge in [0.1, 0.15) is 5.82 Å². The van der Waals surface area contributed by atoms with E-state index in [9.17, 15) is 14.0 Å².